The molecule has 0 unspecified atom stereocenters. The van der Waals surface area contributed by atoms with Crippen LogP contribution in [0.15, 0.2) is 42.5 Å². The van der Waals surface area contributed by atoms with E-state index in [1.54, 1.807) is 30.3 Å². The SMILES string of the molecule is CC(C)(C)OC(=O)c1ccccc1-c1c(Cl)cccc1Cl. The zero-order valence-electron chi connectivity index (χ0n) is 12.1. The van der Waals surface area contributed by atoms with E-state index in [1.165, 1.54) is 0 Å². The summed E-state index contributed by atoms with van der Waals surface area (Å²) in [4.78, 5) is 12.4. The second-order valence-electron chi connectivity index (χ2n) is 5.64. The van der Waals surface area contributed by atoms with E-state index in [4.69, 9.17) is 27.9 Å². The molecule has 0 aromatic heterocycles. The van der Waals surface area contributed by atoms with E-state index in [9.17, 15) is 4.79 Å². The maximum atomic E-state index is 12.4. The first-order valence-electron chi connectivity index (χ1n) is 6.56. The van der Waals surface area contributed by atoms with Gasteiger partial charge in [-0.15, -0.1) is 0 Å². The number of esters is 1. The van der Waals surface area contributed by atoms with E-state index < -0.39 is 11.6 Å². The molecule has 2 rings (SSSR count). The minimum Gasteiger partial charge on any atom is -0.456 e. The third-order valence-electron chi connectivity index (χ3n) is 2.78. The van der Waals surface area contributed by atoms with Crippen LogP contribution in [-0.2, 0) is 4.74 Å². The van der Waals surface area contributed by atoms with Gasteiger partial charge >= 0.3 is 5.97 Å². The van der Waals surface area contributed by atoms with E-state index in [-0.39, 0.29) is 0 Å². The largest absolute Gasteiger partial charge is 0.456 e. The van der Waals surface area contributed by atoms with Crippen LogP contribution in [0.3, 0.4) is 0 Å². The Balaban J connectivity index is 2.54. The molecule has 21 heavy (non-hydrogen) atoms. The number of hydrogen-bond acceptors (Lipinski definition) is 2. The molecule has 0 radical (unpaired) electrons. The number of rotatable bonds is 2. The lowest BCUT2D eigenvalue weighted by molar-refractivity contribution is 0.00705. The summed E-state index contributed by atoms with van der Waals surface area (Å²) < 4.78 is 5.44. The molecule has 110 valence electrons. The molecule has 0 N–H and O–H groups in total. The number of hydrogen-bond donors (Lipinski definition) is 0. The van der Waals surface area contributed by atoms with Gasteiger partial charge in [0.2, 0.25) is 0 Å². The van der Waals surface area contributed by atoms with Crippen LogP contribution < -0.4 is 0 Å². The van der Waals surface area contributed by atoms with Crippen molar-refractivity contribution in [3.05, 3.63) is 58.1 Å². The summed E-state index contributed by atoms with van der Waals surface area (Å²) in [5, 5.41) is 0.997. The molecule has 0 atom stereocenters. The van der Waals surface area contributed by atoms with Gasteiger partial charge in [0.05, 0.1) is 5.56 Å². The number of ether oxygens (including phenoxy) is 1. The molecule has 4 heteroatoms. The molecule has 0 spiro atoms. The molecule has 0 fully saturated rings. The number of halogens is 2. The lowest BCUT2D eigenvalue weighted by Crippen LogP contribution is -2.24. The molecular weight excluding hydrogens is 307 g/mol. The molecule has 0 heterocycles. The van der Waals surface area contributed by atoms with E-state index in [2.05, 4.69) is 0 Å². The van der Waals surface area contributed by atoms with Gasteiger partial charge in [-0.3, -0.25) is 0 Å². The molecular formula is C17H16Cl2O2. The van der Waals surface area contributed by atoms with Crippen molar-refractivity contribution >= 4 is 29.2 Å². The number of carbonyl (C=O) groups excluding carboxylic acids is 1. The molecule has 2 aromatic rings. The Labute approximate surface area is 134 Å². The van der Waals surface area contributed by atoms with Crippen LogP contribution >= 0.6 is 23.2 Å². The van der Waals surface area contributed by atoms with Crippen molar-refractivity contribution in [2.75, 3.05) is 0 Å². The summed E-state index contributed by atoms with van der Waals surface area (Å²) in [6.45, 7) is 5.49. The highest BCUT2D eigenvalue weighted by Gasteiger charge is 2.22. The van der Waals surface area contributed by atoms with E-state index >= 15 is 0 Å². The second kappa shape index (κ2) is 6.08. The van der Waals surface area contributed by atoms with Gasteiger partial charge in [-0.25, -0.2) is 4.79 Å². The summed E-state index contributed by atoms with van der Waals surface area (Å²) >= 11 is 12.5. The fourth-order valence-corrected chi connectivity index (χ4v) is 2.57. The number of benzene rings is 2. The van der Waals surface area contributed by atoms with Gasteiger partial charge < -0.3 is 4.74 Å². The topological polar surface area (TPSA) is 26.3 Å². The first kappa shape index (κ1) is 15.9. The highest BCUT2D eigenvalue weighted by Crippen LogP contribution is 2.36. The Morgan fingerprint density at radius 1 is 0.952 bits per heavy atom. The van der Waals surface area contributed by atoms with Crippen molar-refractivity contribution in [3.8, 4) is 11.1 Å². The first-order valence-corrected chi connectivity index (χ1v) is 7.32. The van der Waals surface area contributed by atoms with Gasteiger partial charge in [-0.05, 0) is 44.5 Å². The van der Waals surface area contributed by atoms with Crippen LogP contribution in [0.5, 0.6) is 0 Å². The van der Waals surface area contributed by atoms with Crippen LogP contribution in [0.25, 0.3) is 11.1 Å². The fraction of sp³-hybridized carbons (Fsp3) is 0.235. The molecule has 0 saturated carbocycles. The van der Waals surface area contributed by atoms with Gasteiger partial charge in [-0.2, -0.15) is 0 Å². The van der Waals surface area contributed by atoms with Crippen molar-refractivity contribution in [1.29, 1.82) is 0 Å². The standard InChI is InChI=1S/C17H16Cl2O2/c1-17(2,3)21-16(20)12-8-5-4-7-11(12)15-13(18)9-6-10-14(15)19/h4-10H,1-3H3. The maximum absolute atomic E-state index is 12.4. The maximum Gasteiger partial charge on any atom is 0.339 e. The van der Waals surface area contributed by atoms with Crippen LogP contribution in [0.1, 0.15) is 31.1 Å². The summed E-state index contributed by atoms with van der Waals surface area (Å²) in [6.07, 6.45) is 0. The van der Waals surface area contributed by atoms with Gasteiger partial charge in [0.25, 0.3) is 0 Å². The van der Waals surface area contributed by atoms with Crippen LogP contribution in [0, 0.1) is 0 Å². The Bertz CT molecular complexity index is 652. The predicted octanol–water partition coefficient (Wildman–Crippen LogP) is 5.62. The van der Waals surface area contributed by atoms with Crippen LogP contribution in [0.2, 0.25) is 10.0 Å². The van der Waals surface area contributed by atoms with E-state index in [0.29, 0.717) is 26.7 Å². The lowest BCUT2D eigenvalue weighted by atomic mass is 9.99. The van der Waals surface area contributed by atoms with E-state index in [0.717, 1.165) is 0 Å². The second-order valence-corrected chi connectivity index (χ2v) is 6.46. The van der Waals surface area contributed by atoms with Gasteiger partial charge in [0, 0.05) is 15.6 Å². The zero-order valence-corrected chi connectivity index (χ0v) is 13.6. The summed E-state index contributed by atoms with van der Waals surface area (Å²) in [6, 6.07) is 12.4. The van der Waals surface area contributed by atoms with E-state index in [1.807, 2.05) is 32.9 Å². The first-order chi connectivity index (χ1) is 9.79. The Hall–Kier alpha value is -1.51. The smallest absolute Gasteiger partial charge is 0.339 e. The molecule has 0 bridgehead atoms. The monoisotopic (exact) mass is 322 g/mol. The molecule has 2 nitrogen and oxygen atoms in total. The average Bonchev–Trinajstić information content (AvgIpc) is 2.37. The summed E-state index contributed by atoms with van der Waals surface area (Å²) in [5.74, 6) is -0.394. The molecule has 0 aliphatic heterocycles. The Kier molecular flexibility index (Phi) is 4.60. The minimum absolute atomic E-state index is 0.394. The summed E-state index contributed by atoms with van der Waals surface area (Å²) in [5.41, 5.74) is 1.20. The van der Waals surface area contributed by atoms with Crippen molar-refractivity contribution in [2.45, 2.75) is 26.4 Å². The molecule has 0 aliphatic rings. The Morgan fingerprint density at radius 2 is 1.52 bits per heavy atom. The van der Waals surface area contributed by atoms with Crippen molar-refractivity contribution in [2.24, 2.45) is 0 Å². The normalized spacial score (nSPS) is 11.3. The van der Waals surface area contributed by atoms with Crippen molar-refractivity contribution in [3.63, 3.8) is 0 Å². The Morgan fingerprint density at radius 3 is 2.10 bits per heavy atom. The highest BCUT2D eigenvalue weighted by molar-refractivity contribution is 6.39. The highest BCUT2D eigenvalue weighted by atomic mass is 35.5. The third-order valence-corrected chi connectivity index (χ3v) is 3.41. The predicted molar refractivity (Wildman–Crippen MR) is 87.1 cm³/mol. The van der Waals surface area contributed by atoms with Gasteiger partial charge in [-0.1, -0.05) is 47.5 Å². The van der Waals surface area contributed by atoms with Crippen molar-refractivity contribution < 1.29 is 9.53 Å². The van der Waals surface area contributed by atoms with Crippen LogP contribution in [-0.4, -0.2) is 11.6 Å². The molecule has 0 amide bonds. The van der Waals surface area contributed by atoms with Crippen LogP contribution in [0.4, 0.5) is 0 Å². The lowest BCUT2D eigenvalue weighted by Gasteiger charge is -2.21. The zero-order chi connectivity index (χ0) is 15.6. The van der Waals surface area contributed by atoms with Crippen molar-refractivity contribution in [1.82, 2.24) is 0 Å². The fourth-order valence-electron chi connectivity index (χ4n) is 1.97. The van der Waals surface area contributed by atoms with Gasteiger partial charge in [0.15, 0.2) is 0 Å². The quantitative estimate of drug-likeness (QED) is 0.671. The molecule has 0 aliphatic carbocycles. The average molecular weight is 323 g/mol. The third kappa shape index (κ3) is 3.78. The molecule has 2 aromatic carbocycles. The molecule has 0 saturated heterocycles. The van der Waals surface area contributed by atoms with Gasteiger partial charge in [0.1, 0.15) is 5.60 Å². The summed E-state index contributed by atoms with van der Waals surface area (Å²) in [7, 11) is 0. The minimum atomic E-state index is -0.561. The number of carbonyl (C=O) groups is 1.